The highest BCUT2D eigenvalue weighted by molar-refractivity contribution is 5.96. The van der Waals surface area contributed by atoms with Crippen LogP contribution in [-0.4, -0.2) is 36.7 Å². The maximum Gasteiger partial charge on any atom is 0.335 e. The molecule has 6 heteroatoms. The molecule has 0 aromatic heterocycles. The van der Waals surface area contributed by atoms with E-state index in [1.54, 1.807) is 0 Å². The van der Waals surface area contributed by atoms with Crippen LogP contribution in [-0.2, 0) is 4.74 Å². The van der Waals surface area contributed by atoms with Gasteiger partial charge in [0.25, 0.3) is 5.91 Å². The highest BCUT2D eigenvalue weighted by Crippen LogP contribution is 2.28. The van der Waals surface area contributed by atoms with Gasteiger partial charge in [-0.25, -0.2) is 9.18 Å². The van der Waals surface area contributed by atoms with Gasteiger partial charge in [0.1, 0.15) is 5.82 Å². The van der Waals surface area contributed by atoms with Crippen LogP contribution in [0.3, 0.4) is 0 Å². The molecule has 1 aromatic carbocycles. The zero-order valence-electron chi connectivity index (χ0n) is 10.9. The lowest BCUT2D eigenvalue weighted by molar-refractivity contribution is 0.0695. The van der Waals surface area contributed by atoms with Gasteiger partial charge in [-0.05, 0) is 37.0 Å². The van der Waals surface area contributed by atoms with Crippen LogP contribution in [0.25, 0.3) is 0 Å². The quantitative estimate of drug-likeness (QED) is 0.746. The summed E-state index contributed by atoms with van der Waals surface area (Å²) in [6.07, 6.45) is 2.40. The molecule has 0 heterocycles. The number of rotatable bonds is 7. The van der Waals surface area contributed by atoms with E-state index in [2.05, 4.69) is 5.32 Å². The second-order valence-electron chi connectivity index (χ2n) is 4.77. The number of carbonyl (C=O) groups excluding carboxylic acids is 1. The Kier molecular flexibility index (Phi) is 4.68. The lowest BCUT2D eigenvalue weighted by Gasteiger charge is -2.07. The van der Waals surface area contributed by atoms with E-state index in [0.29, 0.717) is 25.7 Å². The molecule has 2 N–H and O–H groups in total. The number of halogens is 1. The second-order valence-corrected chi connectivity index (χ2v) is 4.77. The lowest BCUT2D eigenvalue weighted by Crippen LogP contribution is -2.28. The number of aromatic carboxylic acids is 1. The number of hydrogen-bond donors (Lipinski definition) is 2. The van der Waals surface area contributed by atoms with Crippen molar-refractivity contribution in [1.29, 1.82) is 0 Å². The van der Waals surface area contributed by atoms with E-state index in [1.807, 2.05) is 0 Å². The number of carboxylic acid groups (broad SMARTS) is 1. The van der Waals surface area contributed by atoms with E-state index in [1.165, 1.54) is 25.0 Å². The van der Waals surface area contributed by atoms with Crippen molar-refractivity contribution in [3.8, 4) is 0 Å². The molecule has 0 unspecified atom stereocenters. The molecule has 1 aliphatic rings. The molecule has 0 saturated heterocycles. The summed E-state index contributed by atoms with van der Waals surface area (Å²) in [6.45, 7) is 1.39. The molecule has 2 rings (SSSR count). The summed E-state index contributed by atoms with van der Waals surface area (Å²) in [4.78, 5) is 22.4. The molecule has 0 radical (unpaired) electrons. The molecule has 0 aliphatic heterocycles. The normalized spacial score (nSPS) is 14.1. The first-order valence-corrected chi connectivity index (χ1v) is 6.46. The van der Waals surface area contributed by atoms with Crippen LogP contribution in [0.15, 0.2) is 18.2 Å². The molecule has 1 saturated carbocycles. The predicted molar refractivity (Wildman–Crippen MR) is 69.2 cm³/mol. The van der Waals surface area contributed by atoms with Crippen molar-refractivity contribution in [3.05, 3.63) is 35.1 Å². The van der Waals surface area contributed by atoms with Gasteiger partial charge in [0.05, 0.1) is 17.7 Å². The number of amides is 1. The van der Waals surface area contributed by atoms with E-state index >= 15 is 0 Å². The zero-order valence-corrected chi connectivity index (χ0v) is 10.9. The van der Waals surface area contributed by atoms with Crippen LogP contribution in [0.1, 0.15) is 33.6 Å². The molecule has 108 valence electrons. The van der Waals surface area contributed by atoms with Crippen LogP contribution in [0.5, 0.6) is 0 Å². The molecule has 1 amide bonds. The first kappa shape index (κ1) is 14.5. The number of carboxylic acids is 1. The van der Waals surface area contributed by atoms with Gasteiger partial charge in [-0.15, -0.1) is 0 Å². The minimum Gasteiger partial charge on any atom is -0.478 e. The SMILES string of the molecule is O=C(O)c1ccc(C(=O)NCCOCC2CC2)c(F)c1. The van der Waals surface area contributed by atoms with Gasteiger partial charge in [-0.1, -0.05) is 0 Å². The van der Waals surface area contributed by atoms with Gasteiger partial charge < -0.3 is 15.2 Å². The summed E-state index contributed by atoms with van der Waals surface area (Å²) >= 11 is 0. The summed E-state index contributed by atoms with van der Waals surface area (Å²) in [5.41, 5.74) is -0.357. The average molecular weight is 281 g/mol. The van der Waals surface area contributed by atoms with Crippen molar-refractivity contribution in [2.24, 2.45) is 5.92 Å². The van der Waals surface area contributed by atoms with Crippen LogP contribution in [0, 0.1) is 11.7 Å². The minimum absolute atomic E-state index is 0.169. The molecular weight excluding hydrogens is 265 g/mol. The largest absolute Gasteiger partial charge is 0.478 e. The summed E-state index contributed by atoms with van der Waals surface area (Å²) in [7, 11) is 0. The highest BCUT2D eigenvalue weighted by Gasteiger charge is 2.21. The van der Waals surface area contributed by atoms with Crippen molar-refractivity contribution >= 4 is 11.9 Å². The van der Waals surface area contributed by atoms with Crippen molar-refractivity contribution in [2.45, 2.75) is 12.8 Å². The summed E-state index contributed by atoms with van der Waals surface area (Å²) in [5, 5.41) is 11.2. The molecule has 1 aromatic rings. The van der Waals surface area contributed by atoms with E-state index in [9.17, 15) is 14.0 Å². The van der Waals surface area contributed by atoms with E-state index in [0.717, 1.165) is 6.07 Å². The number of carbonyl (C=O) groups is 2. The molecule has 5 nitrogen and oxygen atoms in total. The Bertz CT molecular complexity index is 514. The first-order valence-electron chi connectivity index (χ1n) is 6.46. The minimum atomic E-state index is -1.23. The summed E-state index contributed by atoms with van der Waals surface area (Å²) in [5.74, 6) is -1.99. The fraction of sp³-hybridized carbons (Fsp3) is 0.429. The van der Waals surface area contributed by atoms with Gasteiger partial charge in [0.15, 0.2) is 0 Å². The molecule has 0 bridgehead atoms. The average Bonchev–Trinajstić information content (AvgIpc) is 3.22. The van der Waals surface area contributed by atoms with Crippen LogP contribution in [0.2, 0.25) is 0 Å². The Balaban J connectivity index is 1.80. The monoisotopic (exact) mass is 281 g/mol. The van der Waals surface area contributed by atoms with Gasteiger partial charge >= 0.3 is 5.97 Å². The van der Waals surface area contributed by atoms with Crippen molar-refractivity contribution in [2.75, 3.05) is 19.8 Å². The number of ether oxygens (including phenoxy) is 1. The third-order valence-corrected chi connectivity index (χ3v) is 3.04. The van der Waals surface area contributed by atoms with Gasteiger partial charge in [0, 0.05) is 13.2 Å². The third kappa shape index (κ3) is 4.03. The summed E-state index contributed by atoms with van der Waals surface area (Å²) in [6, 6.07) is 3.20. The van der Waals surface area contributed by atoms with Gasteiger partial charge in [0.2, 0.25) is 0 Å². The zero-order chi connectivity index (χ0) is 14.5. The Hall–Kier alpha value is -1.95. The molecule has 20 heavy (non-hydrogen) atoms. The Morgan fingerprint density at radius 1 is 1.40 bits per heavy atom. The van der Waals surface area contributed by atoms with E-state index in [-0.39, 0.29) is 11.1 Å². The number of benzene rings is 1. The number of hydrogen-bond acceptors (Lipinski definition) is 3. The fourth-order valence-electron chi connectivity index (χ4n) is 1.70. The summed E-state index contributed by atoms with van der Waals surface area (Å²) < 4.78 is 18.9. The van der Waals surface area contributed by atoms with Crippen LogP contribution < -0.4 is 5.32 Å². The van der Waals surface area contributed by atoms with E-state index < -0.39 is 17.7 Å². The molecular formula is C14H16FNO4. The molecule has 0 atom stereocenters. The third-order valence-electron chi connectivity index (χ3n) is 3.04. The van der Waals surface area contributed by atoms with Crippen molar-refractivity contribution in [3.63, 3.8) is 0 Å². The first-order chi connectivity index (χ1) is 9.58. The Labute approximate surface area is 115 Å². The second kappa shape index (κ2) is 6.47. The van der Waals surface area contributed by atoms with Crippen LogP contribution >= 0.6 is 0 Å². The standard InChI is InChI=1S/C14H16FNO4/c15-12-7-10(14(18)19)3-4-11(12)13(17)16-5-6-20-8-9-1-2-9/h3-4,7,9H,1-2,5-6,8H2,(H,16,17)(H,18,19). The molecule has 0 spiro atoms. The maximum atomic E-state index is 13.6. The van der Waals surface area contributed by atoms with Crippen molar-refractivity contribution in [1.82, 2.24) is 5.32 Å². The topological polar surface area (TPSA) is 75.6 Å². The maximum absolute atomic E-state index is 13.6. The predicted octanol–water partition coefficient (Wildman–Crippen LogP) is 1.68. The fourth-order valence-corrected chi connectivity index (χ4v) is 1.70. The Morgan fingerprint density at radius 2 is 2.15 bits per heavy atom. The molecule has 1 aliphatic carbocycles. The number of nitrogens with one attached hydrogen (secondary N) is 1. The highest BCUT2D eigenvalue weighted by atomic mass is 19.1. The smallest absolute Gasteiger partial charge is 0.335 e. The van der Waals surface area contributed by atoms with Gasteiger partial charge in [-0.3, -0.25) is 4.79 Å². The van der Waals surface area contributed by atoms with Gasteiger partial charge in [-0.2, -0.15) is 0 Å². The van der Waals surface area contributed by atoms with E-state index in [4.69, 9.17) is 9.84 Å². The van der Waals surface area contributed by atoms with Crippen LogP contribution in [0.4, 0.5) is 4.39 Å². The molecule has 1 fully saturated rings. The lowest BCUT2D eigenvalue weighted by atomic mass is 10.1. The Morgan fingerprint density at radius 3 is 2.75 bits per heavy atom. The van der Waals surface area contributed by atoms with Crippen molar-refractivity contribution < 1.29 is 23.8 Å².